The molecular formula is C12H22N. The number of hydrogen-bond donors (Lipinski definition) is 0. The monoisotopic (exact) mass is 180 g/mol. The van der Waals surface area contributed by atoms with E-state index in [2.05, 4.69) is 32.1 Å². The molecule has 0 amide bonds. The summed E-state index contributed by atoms with van der Waals surface area (Å²) in [6.07, 6.45) is 6.55. The molecule has 1 heteroatoms. The summed E-state index contributed by atoms with van der Waals surface area (Å²) in [6, 6.07) is 0. The summed E-state index contributed by atoms with van der Waals surface area (Å²) in [5.41, 5.74) is 1.27. The predicted octanol–water partition coefficient (Wildman–Crippen LogP) is 2.72. The maximum absolute atomic E-state index is 2.62. The Balaban J connectivity index is 1.64. The minimum absolute atomic E-state index is 0.508. The number of nitrogens with zero attached hydrogens (tertiary/aromatic N) is 1. The van der Waals surface area contributed by atoms with Crippen molar-refractivity contribution in [3.05, 3.63) is 6.42 Å². The summed E-state index contributed by atoms with van der Waals surface area (Å²) in [5, 5.41) is 0. The first-order chi connectivity index (χ1) is 5.99. The van der Waals surface area contributed by atoms with Gasteiger partial charge in [0.25, 0.3) is 0 Å². The van der Waals surface area contributed by atoms with Crippen LogP contribution in [-0.2, 0) is 0 Å². The molecule has 0 N–H and O–H groups in total. The van der Waals surface area contributed by atoms with Gasteiger partial charge in [-0.3, -0.25) is 0 Å². The lowest BCUT2D eigenvalue weighted by Gasteiger charge is -2.56. The van der Waals surface area contributed by atoms with Crippen molar-refractivity contribution in [1.29, 1.82) is 0 Å². The van der Waals surface area contributed by atoms with E-state index in [1.807, 2.05) is 0 Å². The standard InChI is InChI=1S/C12H22N/c1-11(2,3)7-8-13-9-12(10-13)5-4-6-12/h4H,5-10H2,1-3H3. The first-order valence-electron chi connectivity index (χ1n) is 5.53. The highest BCUT2D eigenvalue weighted by Crippen LogP contribution is 2.47. The molecule has 0 aromatic heterocycles. The van der Waals surface area contributed by atoms with Crippen LogP contribution in [-0.4, -0.2) is 24.5 Å². The molecule has 0 aromatic carbocycles. The Morgan fingerprint density at radius 1 is 1.23 bits per heavy atom. The first-order valence-corrected chi connectivity index (χ1v) is 5.53. The predicted molar refractivity (Wildman–Crippen MR) is 56.5 cm³/mol. The highest BCUT2D eigenvalue weighted by molar-refractivity contribution is 5.07. The van der Waals surface area contributed by atoms with Crippen LogP contribution in [0.3, 0.4) is 0 Å². The van der Waals surface area contributed by atoms with Crippen molar-refractivity contribution in [3.8, 4) is 0 Å². The SMILES string of the molecule is CC(C)(C)CCN1CC2(C[CH]C2)C1. The number of rotatable bonds is 2. The molecular weight excluding hydrogens is 158 g/mol. The first kappa shape index (κ1) is 9.51. The second kappa shape index (κ2) is 2.98. The molecule has 2 fully saturated rings. The van der Waals surface area contributed by atoms with Gasteiger partial charge in [0, 0.05) is 13.1 Å². The molecule has 75 valence electrons. The van der Waals surface area contributed by atoms with Crippen LogP contribution >= 0.6 is 0 Å². The molecule has 0 aromatic rings. The fourth-order valence-electron chi connectivity index (χ4n) is 2.36. The Morgan fingerprint density at radius 2 is 1.85 bits per heavy atom. The molecule has 1 nitrogen and oxygen atoms in total. The van der Waals surface area contributed by atoms with Crippen LogP contribution in [0.1, 0.15) is 40.0 Å². The molecule has 1 radical (unpaired) electrons. The van der Waals surface area contributed by atoms with Gasteiger partial charge in [0.05, 0.1) is 0 Å². The second-order valence-electron chi connectivity index (χ2n) is 6.22. The molecule has 0 bridgehead atoms. The molecule has 1 heterocycles. The van der Waals surface area contributed by atoms with Crippen molar-refractivity contribution in [2.75, 3.05) is 19.6 Å². The lowest BCUT2D eigenvalue weighted by atomic mass is 9.63. The van der Waals surface area contributed by atoms with E-state index in [1.54, 1.807) is 0 Å². The number of likely N-dealkylation sites (tertiary alicyclic amines) is 1. The van der Waals surface area contributed by atoms with Crippen LogP contribution in [0.25, 0.3) is 0 Å². The van der Waals surface area contributed by atoms with Gasteiger partial charge in [-0.15, -0.1) is 0 Å². The molecule has 0 unspecified atom stereocenters. The summed E-state index contributed by atoms with van der Waals surface area (Å²) in [4.78, 5) is 2.62. The Bertz CT molecular complexity index is 178. The molecule has 1 aliphatic carbocycles. The fourth-order valence-corrected chi connectivity index (χ4v) is 2.36. The van der Waals surface area contributed by atoms with Crippen molar-refractivity contribution in [3.63, 3.8) is 0 Å². The van der Waals surface area contributed by atoms with Crippen LogP contribution in [0.15, 0.2) is 0 Å². The smallest absolute Gasteiger partial charge is 0.00507 e. The van der Waals surface area contributed by atoms with E-state index >= 15 is 0 Å². The van der Waals surface area contributed by atoms with Crippen molar-refractivity contribution < 1.29 is 0 Å². The van der Waals surface area contributed by atoms with Gasteiger partial charge < -0.3 is 4.90 Å². The van der Waals surface area contributed by atoms with E-state index < -0.39 is 0 Å². The van der Waals surface area contributed by atoms with Crippen LogP contribution in [0.5, 0.6) is 0 Å². The summed E-state index contributed by atoms with van der Waals surface area (Å²) >= 11 is 0. The van der Waals surface area contributed by atoms with Gasteiger partial charge in [-0.1, -0.05) is 20.8 Å². The van der Waals surface area contributed by atoms with Crippen LogP contribution in [0.4, 0.5) is 0 Å². The van der Waals surface area contributed by atoms with E-state index in [0.717, 1.165) is 5.41 Å². The van der Waals surface area contributed by atoms with E-state index in [1.165, 1.54) is 38.9 Å². The third kappa shape index (κ3) is 2.07. The topological polar surface area (TPSA) is 3.24 Å². The number of hydrogen-bond acceptors (Lipinski definition) is 1. The summed E-state index contributed by atoms with van der Waals surface area (Å²) in [7, 11) is 0. The third-order valence-electron chi connectivity index (χ3n) is 3.45. The van der Waals surface area contributed by atoms with Crippen molar-refractivity contribution in [2.45, 2.75) is 40.0 Å². The van der Waals surface area contributed by atoms with Gasteiger partial charge in [-0.25, -0.2) is 0 Å². The Hall–Kier alpha value is -0.0400. The molecule has 2 aliphatic rings. The van der Waals surface area contributed by atoms with E-state index in [-0.39, 0.29) is 0 Å². The summed E-state index contributed by atoms with van der Waals surface area (Å²) in [5.74, 6) is 0. The Morgan fingerprint density at radius 3 is 2.23 bits per heavy atom. The van der Waals surface area contributed by atoms with Crippen LogP contribution in [0, 0.1) is 17.3 Å². The zero-order valence-corrected chi connectivity index (χ0v) is 9.27. The van der Waals surface area contributed by atoms with Crippen LogP contribution in [0.2, 0.25) is 0 Å². The fraction of sp³-hybridized carbons (Fsp3) is 0.917. The molecule has 0 atom stereocenters. The Kier molecular flexibility index (Phi) is 2.18. The van der Waals surface area contributed by atoms with Crippen LogP contribution < -0.4 is 0 Å². The van der Waals surface area contributed by atoms with Gasteiger partial charge in [0.2, 0.25) is 0 Å². The summed E-state index contributed by atoms with van der Waals surface area (Å²) in [6.45, 7) is 11.1. The lowest BCUT2D eigenvalue weighted by molar-refractivity contribution is -0.0374. The van der Waals surface area contributed by atoms with Crippen molar-refractivity contribution >= 4 is 0 Å². The summed E-state index contributed by atoms with van der Waals surface area (Å²) < 4.78 is 0. The normalized spacial score (nSPS) is 27.0. The average Bonchev–Trinajstić information content (AvgIpc) is 1.77. The van der Waals surface area contributed by atoms with Gasteiger partial charge in [-0.2, -0.15) is 0 Å². The minimum atomic E-state index is 0.508. The third-order valence-corrected chi connectivity index (χ3v) is 3.45. The van der Waals surface area contributed by atoms with E-state index in [0.29, 0.717) is 5.41 Å². The highest BCUT2D eigenvalue weighted by atomic mass is 15.2. The second-order valence-corrected chi connectivity index (χ2v) is 6.22. The van der Waals surface area contributed by atoms with Crippen molar-refractivity contribution in [1.82, 2.24) is 4.90 Å². The van der Waals surface area contributed by atoms with E-state index in [9.17, 15) is 0 Å². The molecule has 1 saturated heterocycles. The molecule has 1 aliphatic heterocycles. The highest BCUT2D eigenvalue weighted by Gasteiger charge is 2.46. The molecule has 1 saturated carbocycles. The van der Waals surface area contributed by atoms with Gasteiger partial charge >= 0.3 is 0 Å². The molecule has 13 heavy (non-hydrogen) atoms. The Labute approximate surface area is 82.5 Å². The largest absolute Gasteiger partial charge is 0.302 e. The molecule has 1 spiro atoms. The zero-order chi connectivity index (χ0) is 9.53. The maximum Gasteiger partial charge on any atom is 0.00507 e. The minimum Gasteiger partial charge on any atom is -0.302 e. The van der Waals surface area contributed by atoms with Crippen molar-refractivity contribution in [2.24, 2.45) is 10.8 Å². The van der Waals surface area contributed by atoms with Gasteiger partial charge in [-0.05, 0) is 43.1 Å². The average molecular weight is 180 g/mol. The maximum atomic E-state index is 2.62. The quantitative estimate of drug-likeness (QED) is 0.631. The van der Waals surface area contributed by atoms with Gasteiger partial charge in [0.1, 0.15) is 0 Å². The lowest BCUT2D eigenvalue weighted by Crippen LogP contribution is -2.60. The zero-order valence-electron chi connectivity index (χ0n) is 9.27. The molecule has 2 rings (SSSR count). The van der Waals surface area contributed by atoms with Gasteiger partial charge in [0.15, 0.2) is 0 Å². The van der Waals surface area contributed by atoms with E-state index in [4.69, 9.17) is 0 Å².